The summed E-state index contributed by atoms with van der Waals surface area (Å²) in [5.41, 5.74) is 1.92. The second kappa shape index (κ2) is 7.82. The van der Waals surface area contributed by atoms with Crippen molar-refractivity contribution in [2.45, 2.75) is 25.0 Å². The Morgan fingerprint density at radius 3 is 1.27 bits per heavy atom. The van der Waals surface area contributed by atoms with Crippen LogP contribution < -0.4 is 9.47 Å². The van der Waals surface area contributed by atoms with Gasteiger partial charge in [0, 0.05) is 12.8 Å². The van der Waals surface area contributed by atoms with E-state index in [1.54, 1.807) is 14.2 Å². The van der Waals surface area contributed by atoms with Crippen molar-refractivity contribution in [3.8, 4) is 11.5 Å². The Bertz CT molecular complexity index is 509. The summed E-state index contributed by atoms with van der Waals surface area (Å²) in [6.45, 7) is 0. The van der Waals surface area contributed by atoms with Gasteiger partial charge in [0.1, 0.15) is 11.5 Å². The zero-order valence-electron chi connectivity index (χ0n) is 12.9. The van der Waals surface area contributed by atoms with E-state index in [4.69, 9.17) is 9.47 Å². The van der Waals surface area contributed by atoms with Crippen LogP contribution in [0.3, 0.4) is 0 Å². The molecule has 0 radical (unpaired) electrons. The second-order valence-corrected chi connectivity index (χ2v) is 5.24. The highest BCUT2D eigenvalue weighted by Crippen LogP contribution is 2.16. The molecule has 0 spiro atoms. The first kappa shape index (κ1) is 16.3. The van der Waals surface area contributed by atoms with E-state index in [0.717, 1.165) is 22.6 Å². The third-order valence-electron chi connectivity index (χ3n) is 3.65. The smallest absolute Gasteiger partial charge is 0.118 e. The number of hydrogen-bond donors (Lipinski definition) is 2. The molecular weight excluding hydrogens is 280 g/mol. The summed E-state index contributed by atoms with van der Waals surface area (Å²) in [6.07, 6.45) is -0.811. The topological polar surface area (TPSA) is 58.9 Å². The molecule has 0 unspecified atom stereocenters. The maximum Gasteiger partial charge on any atom is 0.118 e. The minimum absolute atomic E-state index is 0.404. The summed E-state index contributed by atoms with van der Waals surface area (Å²) in [6, 6.07) is 14.9. The highest BCUT2D eigenvalue weighted by Gasteiger charge is 2.17. The van der Waals surface area contributed by atoms with Gasteiger partial charge in [0.25, 0.3) is 0 Å². The van der Waals surface area contributed by atoms with E-state index in [1.807, 2.05) is 48.5 Å². The van der Waals surface area contributed by atoms with E-state index in [9.17, 15) is 10.2 Å². The quantitative estimate of drug-likeness (QED) is 0.823. The number of rotatable bonds is 7. The summed E-state index contributed by atoms with van der Waals surface area (Å²) >= 11 is 0. The van der Waals surface area contributed by atoms with Gasteiger partial charge in [0.05, 0.1) is 26.4 Å². The van der Waals surface area contributed by atoms with Gasteiger partial charge in [-0.25, -0.2) is 0 Å². The summed E-state index contributed by atoms with van der Waals surface area (Å²) in [4.78, 5) is 0. The molecule has 0 heterocycles. The predicted octanol–water partition coefficient (Wildman–Crippen LogP) is 2.21. The van der Waals surface area contributed by atoms with E-state index in [2.05, 4.69) is 0 Å². The van der Waals surface area contributed by atoms with Gasteiger partial charge < -0.3 is 19.7 Å². The Kier molecular flexibility index (Phi) is 5.81. The zero-order chi connectivity index (χ0) is 15.9. The average molecular weight is 302 g/mol. The summed E-state index contributed by atoms with van der Waals surface area (Å²) < 4.78 is 10.2. The van der Waals surface area contributed by atoms with Crippen LogP contribution in [-0.4, -0.2) is 36.6 Å². The van der Waals surface area contributed by atoms with Crippen molar-refractivity contribution in [2.24, 2.45) is 0 Å². The summed E-state index contributed by atoms with van der Waals surface area (Å²) in [5.74, 6) is 1.55. The Hall–Kier alpha value is -2.04. The van der Waals surface area contributed by atoms with Crippen LogP contribution in [0.5, 0.6) is 11.5 Å². The lowest BCUT2D eigenvalue weighted by Crippen LogP contribution is -2.29. The largest absolute Gasteiger partial charge is 0.497 e. The van der Waals surface area contributed by atoms with E-state index in [-0.39, 0.29) is 0 Å². The van der Waals surface area contributed by atoms with Crippen molar-refractivity contribution < 1.29 is 19.7 Å². The van der Waals surface area contributed by atoms with Gasteiger partial charge in [-0.15, -0.1) is 0 Å². The molecule has 0 aromatic heterocycles. The SMILES string of the molecule is COc1ccc(C[C@H](O)[C@@H](O)Cc2ccc(OC)cc2)cc1. The molecule has 0 aliphatic heterocycles. The average Bonchev–Trinajstić information content (AvgIpc) is 2.56. The fourth-order valence-electron chi connectivity index (χ4n) is 2.28. The molecule has 118 valence electrons. The van der Waals surface area contributed by atoms with Crippen molar-refractivity contribution in [1.29, 1.82) is 0 Å². The van der Waals surface area contributed by atoms with Crippen LogP contribution >= 0.6 is 0 Å². The lowest BCUT2D eigenvalue weighted by Gasteiger charge is -2.18. The highest BCUT2D eigenvalue weighted by molar-refractivity contribution is 5.29. The van der Waals surface area contributed by atoms with Crippen LogP contribution in [0.2, 0.25) is 0 Å². The number of hydrogen-bond acceptors (Lipinski definition) is 4. The van der Waals surface area contributed by atoms with E-state index < -0.39 is 12.2 Å². The molecule has 0 saturated heterocycles. The summed E-state index contributed by atoms with van der Waals surface area (Å²) in [5, 5.41) is 20.3. The fourth-order valence-corrected chi connectivity index (χ4v) is 2.28. The lowest BCUT2D eigenvalue weighted by atomic mass is 9.98. The maximum absolute atomic E-state index is 10.2. The molecule has 0 saturated carbocycles. The minimum Gasteiger partial charge on any atom is -0.497 e. The maximum atomic E-state index is 10.2. The molecule has 4 heteroatoms. The second-order valence-electron chi connectivity index (χ2n) is 5.24. The van der Waals surface area contributed by atoms with Crippen molar-refractivity contribution >= 4 is 0 Å². The number of benzene rings is 2. The van der Waals surface area contributed by atoms with E-state index >= 15 is 0 Å². The molecule has 0 amide bonds. The van der Waals surface area contributed by atoms with Crippen LogP contribution in [0.15, 0.2) is 48.5 Å². The zero-order valence-corrected chi connectivity index (χ0v) is 12.9. The normalized spacial score (nSPS) is 13.5. The Labute approximate surface area is 130 Å². The van der Waals surface area contributed by atoms with Gasteiger partial charge in [-0.05, 0) is 35.4 Å². The third-order valence-corrected chi connectivity index (χ3v) is 3.65. The number of aliphatic hydroxyl groups is 2. The number of methoxy groups -OCH3 is 2. The molecular formula is C18H22O4. The van der Waals surface area contributed by atoms with Gasteiger partial charge in [-0.1, -0.05) is 24.3 Å². The standard InChI is InChI=1S/C18H22O4/c1-21-15-7-3-13(4-8-15)11-17(19)18(20)12-14-5-9-16(22-2)10-6-14/h3-10,17-20H,11-12H2,1-2H3/t17-,18-/m0/s1. The van der Waals surface area contributed by atoms with Crippen molar-refractivity contribution in [1.82, 2.24) is 0 Å². The molecule has 22 heavy (non-hydrogen) atoms. The highest BCUT2D eigenvalue weighted by atomic mass is 16.5. The van der Waals surface area contributed by atoms with Gasteiger partial charge >= 0.3 is 0 Å². The first-order valence-corrected chi connectivity index (χ1v) is 7.24. The monoisotopic (exact) mass is 302 g/mol. The van der Waals surface area contributed by atoms with Crippen LogP contribution in [0.4, 0.5) is 0 Å². The Balaban J connectivity index is 1.91. The van der Waals surface area contributed by atoms with Crippen LogP contribution in [0.1, 0.15) is 11.1 Å². The van der Waals surface area contributed by atoms with Crippen LogP contribution in [0.25, 0.3) is 0 Å². The van der Waals surface area contributed by atoms with Gasteiger partial charge in [0.2, 0.25) is 0 Å². The van der Waals surface area contributed by atoms with E-state index in [0.29, 0.717) is 12.8 Å². The molecule has 2 aromatic carbocycles. The predicted molar refractivity (Wildman–Crippen MR) is 85.4 cm³/mol. The van der Waals surface area contributed by atoms with Crippen molar-refractivity contribution in [2.75, 3.05) is 14.2 Å². The summed E-state index contributed by atoms with van der Waals surface area (Å²) in [7, 11) is 3.23. The lowest BCUT2D eigenvalue weighted by molar-refractivity contribution is 0.0206. The number of aliphatic hydroxyl groups excluding tert-OH is 2. The van der Waals surface area contributed by atoms with E-state index in [1.165, 1.54) is 0 Å². The van der Waals surface area contributed by atoms with Crippen molar-refractivity contribution in [3.05, 3.63) is 59.7 Å². The molecule has 2 rings (SSSR count). The molecule has 2 atom stereocenters. The Morgan fingerprint density at radius 1 is 0.682 bits per heavy atom. The first-order chi connectivity index (χ1) is 10.6. The molecule has 2 N–H and O–H groups in total. The fraction of sp³-hybridized carbons (Fsp3) is 0.333. The molecule has 4 nitrogen and oxygen atoms in total. The molecule has 0 bridgehead atoms. The van der Waals surface area contributed by atoms with Crippen molar-refractivity contribution in [3.63, 3.8) is 0 Å². The molecule has 0 aliphatic rings. The van der Waals surface area contributed by atoms with Gasteiger partial charge in [-0.3, -0.25) is 0 Å². The third kappa shape index (κ3) is 4.48. The Morgan fingerprint density at radius 2 is 1.00 bits per heavy atom. The van der Waals surface area contributed by atoms with Crippen LogP contribution in [0, 0.1) is 0 Å². The molecule has 2 aromatic rings. The molecule has 0 aliphatic carbocycles. The van der Waals surface area contributed by atoms with Crippen LogP contribution in [-0.2, 0) is 12.8 Å². The molecule has 0 fully saturated rings. The number of ether oxygens (including phenoxy) is 2. The minimum atomic E-state index is -0.810. The first-order valence-electron chi connectivity index (χ1n) is 7.24. The van der Waals surface area contributed by atoms with Gasteiger partial charge in [0.15, 0.2) is 0 Å². The van der Waals surface area contributed by atoms with Gasteiger partial charge in [-0.2, -0.15) is 0 Å².